The lowest BCUT2D eigenvalue weighted by atomic mass is 9.83. The van der Waals surface area contributed by atoms with Crippen LogP contribution >= 0.6 is 11.8 Å². The topological polar surface area (TPSA) is 182 Å². The molecule has 3 aliphatic carbocycles. The lowest BCUT2D eigenvalue weighted by Gasteiger charge is -2.35. The van der Waals surface area contributed by atoms with Gasteiger partial charge < -0.3 is 29.7 Å². The highest BCUT2D eigenvalue weighted by Crippen LogP contribution is 2.46. The summed E-state index contributed by atoms with van der Waals surface area (Å²) in [6.45, 7) is 10.1. The van der Waals surface area contributed by atoms with Crippen LogP contribution in [0.1, 0.15) is 97.0 Å². The van der Waals surface area contributed by atoms with Crippen molar-refractivity contribution in [3.63, 3.8) is 0 Å². The Balaban J connectivity index is 1.27. The number of hydrogen-bond acceptors (Lipinski definition) is 11. The number of benzene rings is 1. The fraction of sp³-hybridized carbons (Fsp3) is 0.643. The molecule has 58 heavy (non-hydrogen) atoms. The molecule has 4 fully saturated rings. The number of hydrogen-bond donors (Lipinski definition) is 3. The molecular weight excluding hydrogens is 783 g/mol. The van der Waals surface area contributed by atoms with Gasteiger partial charge >= 0.3 is 6.09 Å². The van der Waals surface area contributed by atoms with E-state index in [0.29, 0.717) is 36.3 Å². The number of pyridine rings is 1. The molecule has 316 valence electrons. The molecule has 1 saturated heterocycles. The lowest BCUT2D eigenvalue weighted by molar-refractivity contribution is -0.142. The summed E-state index contributed by atoms with van der Waals surface area (Å²) in [7, 11) is -2.27. The highest BCUT2D eigenvalue weighted by atomic mass is 32.2. The van der Waals surface area contributed by atoms with Crippen LogP contribution in [-0.2, 0) is 35.6 Å². The number of alkyl carbamates (subject to hydrolysis) is 1. The molecule has 5 aliphatic rings. The Hall–Kier alpha value is -4.05. The molecule has 7 rings (SSSR count). The van der Waals surface area contributed by atoms with Gasteiger partial charge in [-0.05, 0) is 80.1 Å². The van der Waals surface area contributed by atoms with Crippen LogP contribution < -0.4 is 24.8 Å². The monoisotopic (exact) mass is 839 g/mol. The van der Waals surface area contributed by atoms with Gasteiger partial charge in [-0.2, -0.15) is 0 Å². The molecule has 0 unspecified atom stereocenters. The number of nitrogens with zero attached hydrogens (tertiary/aromatic N) is 2. The first kappa shape index (κ1) is 42.1. The minimum absolute atomic E-state index is 0.0210. The van der Waals surface area contributed by atoms with Crippen molar-refractivity contribution in [1.82, 2.24) is 25.2 Å². The normalized spacial score (nSPS) is 28.0. The van der Waals surface area contributed by atoms with E-state index in [1.54, 1.807) is 18.9 Å². The third-order valence-electron chi connectivity index (χ3n) is 12.4. The number of fused-ring (bicyclic) bond motifs is 3. The van der Waals surface area contributed by atoms with E-state index >= 15 is 0 Å². The average molecular weight is 840 g/mol. The van der Waals surface area contributed by atoms with Crippen LogP contribution in [0.15, 0.2) is 35.9 Å². The van der Waals surface area contributed by atoms with Crippen molar-refractivity contribution in [2.45, 2.75) is 132 Å². The lowest BCUT2D eigenvalue weighted by Crippen LogP contribution is -2.59. The number of carbonyl (C=O) groups is 4. The summed E-state index contributed by atoms with van der Waals surface area (Å²) < 4.78 is 46.3. The Morgan fingerprint density at radius 1 is 1.12 bits per heavy atom. The van der Waals surface area contributed by atoms with Gasteiger partial charge in [0.1, 0.15) is 40.3 Å². The maximum atomic E-state index is 14.9. The highest BCUT2D eigenvalue weighted by Gasteiger charge is 2.62. The first-order chi connectivity index (χ1) is 27.7. The van der Waals surface area contributed by atoms with Crippen molar-refractivity contribution in [3.8, 4) is 11.5 Å². The molecule has 2 aliphatic heterocycles. The Morgan fingerprint density at radius 3 is 2.55 bits per heavy atom. The number of sulfonamides is 1. The van der Waals surface area contributed by atoms with Crippen molar-refractivity contribution in [3.05, 3.63) is 36.4 Å². The Labute approximate surface area is 345 Å². The fourth-order valence-corrected chi connectivity index (χ4v) is 10.8. The van der Waals surface area contributed by atoms with Crippen LogP contribution in [0.3, 0.4) is 0 Å². The van der Waals surface area contributed by atoms with Crippen LogP contribution in [0.4, 0.5) is 4.79 Å². The van der Waals surface area contributed by atoms with Gasteiger partial charge in [-0.1, -0.05) is 46.1 Å². The molecule has 3 N–H and O–H groups in total. The summed E-state index contributed by atoms with van der Waals surface area (Å²) in [5.74, 6) is -0.517. The smallest absolute Gasteiger partial charge is 0.407 e. The zero-order valence-electron chi connectivity index (χ0n) is 34.0. The minimum atomic E-state index is -3.90. The number of ether oxygens (including phenoxy) is 3. The number of carbonyl (C=O) groups excluding carboxylic acids is 4. The van der Waals surface area contributed by atoms with Gasteiger partial charge in [-0.3, -0.25) is 19.1 Å². The molecule has 3 saturated carbocycles. The number of aryl methyl sites for hydroxylation is 1. The molecule has 2 aromatic rings. The highest BCUT2D eigenvalue weighted by molar-refractivity contribution is 7.99. The maximum absolute atomic E-state index is 14.9. The van der Waals surface area contributed by atoms with Crippen molar-refractivity contribution >= 4 is 56.5 Å². The summed E-state index contributed by atoms with van der Waals surface area (Å²) in [6, 6.07) is 3.79. The average Bonchev–Trinajstić information content (AvgIpc) is 4.12. The van der Waals surface area contributed by atoms with Gasteiger partial charge in [0.25, 0.3) is 5.91 Å². The number of methoxy groups -OCH3 is 1. The van der Waals surface area contributed by atoms with E-state index in [0.717, 1.165) is 66.7 Å². The van der Waals surface area contributed by atoms with Crippen LogP contribution in [0.2, 0.25) is 0 Å². The minimum Gasteiger partial charge on any atom is -0.496 e. The zero-order valence-corrected chi connectivity index (χ0v) is 35.6. The van der Waals surface area contributed by atoms with E-state index in [1.165, 1.54) is 11.0 Å². The predicted molar refractivity (Wildman–Crippen MR) is 220 cm³/mol. The van der Waals surface area contributed by atoms with E-state index in [4.69, 9.17) is 19.2 Å². The summed E-state index contributed by atoms with van der Waals surface area (Å²) in [5, 5.41) is 6.68. The van der Waals surface area contributed by atoms with Gasteiger partial charge in [0.15, 0.2) is 0 Å². The maximum Gasteiger partial charge on any atom is 0.407 e. The van der Waals surface area contributed by atoms with E-state index < -0.39 is 68.7 Å². The Morgan fingerprint density at radius 2 is 1.88 bits per heavy atom. The molecule has 1 aromatic carbocycles. The zero-order chi connectivity index (χ0) is 41.4. The second-order valence-electron chi connectivity index (χ2n) is 17.4. The predicted octanol–water partition coefficient (Wildman–Crippen LogP) is 5.41. The number of amides is 4. The van der Waals surface area contributed by atoms with E-state index in [2.05, 4.69) is 21.9 Å². The van der Waals surface area contributed by atoms with Gasteiger partial charge in [-0.25, -0.2) is 18.2 Å². The van der Waals surface area contributed by atoms with Crippen LogP contribution in [0, 0.1) is 17.3 Å². The SMILES string of the molecule is C=C[C@@H]1C[C@]1(NC(=O)[C@@H]1C[C@@H]2CN1C(=O)[C@H](C1CCCCC1)NC(=O)OCC(C)(C)CCCc1cc3c(cc(SCC)nc3cc1OC)O2)C(=O)NS(=O)(=O)C1CC1. The van der Waals surface area contributed by atoms with E-state index in [9.17, 15) is 27.6 Å². The summed E-state index contributed by atoms with van der Waals surface area (Å²) in [5.41, 5.74) is -0.244. The standard InChI is InChI=1S/C42H57N5O9S2/c1-6-27-22-42(27,39(50)46-58(52,53)29-15-16-29)45-37(48)32-19-28-23-47(32)38(49)36(25-12-9-8-10-13-25)44-40(51)55-24-41(3,4)17-11-14-26-18-30-31(20-33(26)54-5)43-35(57-7-2)21-34(30)56-28/h6,18,20-21,25,27-29,32,36H,1,7-17,19,22-24H2,2-5H3,(H,44,51)(H,45,48)(H,46,50)/t27-,28-,32+,36+,42-/m1/s1. The second-order valence-corrected chi connectivity index (χ2v) is 20.6. The summed E-state index contributed by atoms with van der Waals surface area (Å²) in [6.07, 6.45) is 7.86. The molecular formula is C42H57N5O9S2. The number of thioether (sulfide) groups is 1. The van der Waals surface area contributed by atoms with Crippen molar-refractivity contribution in [2.24, 2.45) is 17.3 Å². The molecule has 4 amide bonds. The van der Waals surface area contributed by atoms with E-state index in [-0.39, 0.29) is 37.3 Å². The quantitative estimate of drug-likeness (QED) is 0.206. The molecule has 0 spiro atoms. The Bertz CT molecular complexity index is 2050. The van der Waals surface area contributed by atoms with Crippen molar-refractivity contribution < 1.29 is 41.8 Å². The Kier molecular flexibility index (Phi) is 12.3. The van der Waals surface area contributed by atoms with Gasteiger partial charge in [0.2, 0.25) is 21.8 Å². The summed E-state index contributed by atoms with van der Waals surface area (Å²) in [4.78, 5) is 63.1. The van der Waals surface area contributed by atoms with Crippen LogP contribution in [-0.4, -0.2) is 97.1 Å². The van der Waals surface area contributed by atoms with Crippen molar-refractivity contribution in [1.29, 1.82) is 0 Å². The molecule has 16 heteroatoms. The molecule has 3 heterocycles. The molecule has 4 bridgehead atoms. The molecule has 1 aromatic heterocycles. The fourth-order valence-electron chi connectivity index (χ4n) is 8.81. The number of aromatic nitrogens is 1. The molecule has 5 atom stereocenters. The molecule has 14 nitrogen and oxygen atoms in total. The van der Waals surface area contributed by atoms with Gasteiger partial charge in [-0.15, -0.1) is 18.3 Å². The first-order valence-corrected chi connectivity index (χ1v) is 23.3. The van der Waals surface area contributed by atoms with E-state index in [1.807, 2.05) is 39.0 Å². The van der Waals surface area contributed by atoms with Crippen LogP contribution in [0.5, 0.6) is 11.5 Å². The third kappa shape index (κ3) is 9.07. The summed E-state index contributed by atoms with van der Waals surface area (Å²) >= 11 is 1.57. The van der Waals surface area contributed by atoms with Crippen LogP contribution in [0.25, 0.3) is 10.9 Å². The van der Waals surface area contributed by atoms with Gasteiger partial charge in [0.05, 0.1) is 31.0 Å². The third-order valence-corrected chi connectivity index (χ3v) is 15.0. The van der Waals surface area contributed by atoms with Crippen molar-refractivity contribution in [2.75, 3.05) is 26.0 Å². The number of nitrogens with one attached hydrogen (secondary N) is 3. The number of cyclic esters (lactones) is 1. The second kappa shape index (κ2) is 16.9. The molecule has 0 radical (unpaired) electrons. The number of rotatable bonds is 10. The van der Waals surface area contributed by atoms with Gasteiger partial charge in [0, 0.05) is 29.9 Å². The largest absolute Gasteiger partial charge is 0.496 e. The first-order valence-electron chi connectivity index (χ1n) is 20.7.